The Morgan fingerprint density at radius 2 is 1.22 bits per heavy atom. The summed E-state index contributed by atoms with van der Waals surface area (Å²) in [4.78, 5) is 1.62. The van der Waals surface area contributed by atoms with Crippen molar-refractivity contribution in [2.24, 2.45) is 5.41 Å². The zero-order chi connectivity index (χ0) is 26.0. The second-order valence-electron chi connectivity index (χ2n) is 15.9. The van der Waals surface area contributed by atoms with Crippen LogP contribution in [0.1, 0.15) is 20.8 Å². The van der Waals surface area contributed by atoms with E-state index >= 15 is 0 Å². The maximum Gasteiger partial charge on any atom is 0.332 e. The summed E-state index contributed by atoms with van der Waals surface area (Å²) in [6.45, 7) is 43.9. The minimum absolute atomic E-state index is 0.0387. The average Bonchev–Trinajstić information content (AvgIpc) is 2.73. The topological polar surface area (TPSA) is 18.5 Å². The van der Waals surface area contributed by atoms with E-state index in [4.69, 9.17) is 8.54 Å². The van der Waals surface area contributed by atoms with Crippen LogP contribution in [0, 0.1) is 16.9 Å². The van der Waals surface area contributed by atoms with Gasteiger partial charge >= 0.3 is 8.08 Å². The lowest BCUT2D eigenvalue weighted by molar-refractivity contribution is 0.0597. The molecular weight excluding hydrogens is 489 g/mol. The molecule has 1 aliphatic rings. The normalized spacial score (nSPS) is 26.3. The minimum Gasteiger partial charge on any atom is -0.436 e. The van der Waals surface area contributed by atoms with Crippen LogP contribution in [0.25, 0.3) is 0 Å². The Morgan fingerprint density at radius 1 is 0.781 bits per heavy atom. The molecule has 8 heteroatoms. The molecule has 2 atom stereocenters. The third-order valence-electron chi connectivity index (χ3n) is 6.09. The van der Waals surface area contributed by atoms with Crippen LogP contribution in [0.3, 0.4) is 0 Å². The Hall–Kier alpha value is 0.521. The smallest absolute Gasteiger partial charge is 0.332 e. The molecule has 32 heavy (non-hydrogen) atoms. The van der Waals surface area contributed by atoms with Gasteiger partial charge in [-0.3, -0.25) is 0 Å². The van der Waals surface area contributed by atoms with Crippen molar-refractivity contribution in [2.45, 2.75) is 124 Å². The molecule has 0 aromatic carbocycles. The van der Waals surface area contributed by atoms with Crippen molar-refractivity contribution in [2.75, 3.05) is 0 Å². The summed E-state index contributed by atoms with van der Waals surface area (Å²) in [7, 11) is -11.6. The summed E-state index contributed by atoms with van der Waals surface area (Å²) >= 11 is 0. The van der Waals surface area contributed by atoms with Gasteiger partial charge in [-0.1, -0.05) is 105 Å². The third kappa shape index (κ3) is 5.83. The van der Waals surface area contributed by atoms with Crippen LogP contribution in [0.5, 0.6) is 0 Å². The fraction of sp³-hybridized carbons (Fsp3) is 0.833. The Labute approximate surface area is 207 Å². The SMILES string of the molecule is CC(C)(C)[C@@]1([Si](C)(C)C)O[Si@](O[Si](C)(C)C)([Si](C)(C)C)C([Si](C)(C)C)=C1C#C[Si](C)(C)C. The summed E-state index contributed by atoms with van der Waals surface area (Å²) in [5.41, 5.74) is 5.15. The van der Waals surface area contributed by atoms with E-state index in [1.165, 1.54) is 5.57 Å². The molecule has 1 aliphatic heterocycles. The summed E-state index contributed by atoms with van der Waals surface area (Å²) in [5, 5.41) is -0.311. The van der Waals surface area contributed by atoms with Gasteiger partial charge in [0.1, 0.15) is 15.7 Å². The highest BCUT2D eigenvalue weighted by Crippen LogP contribution is 2.58. The lowest BCUT2D eigenvalue weighted by Gasteiger charge is -2.54. The van der Waals surface area contributed by atoms with Gasteiger partial charge in [0, 0.05) is 5.57 Å². The maximum atomic E-state index is 7.87. The molecule has 0 unspecified atom stereocenters. The Balaban J connectivity index is 4.46. The van der Waals surface area contributed by atoms with E-state index in [-0.39, 0.29) is 10.6 Å². The third-order valence-corrected chi connectivity index (χ3v) is 31.1. The molecule has 0 saturated heterocycles. The van der Waals surface area contributed by atoms with Crippen LogP contribution in [-0.4, -0.2) is 53.4 Å². The van der Waals surface area contributed by atoms with Gasteiger partial charge in [0.25, 0.3) is 0 Å². The molecule has 0 aromatic heterocycles. The standard InChI is InChI=1S/C24H54O2Si6/c1-23(2,3)24(29(10,11)12)21(19-20-27(4,5)6)22(28(7,8)9)32(25-24,31(16,17)18)26-30(13,14)15/h1-18H3/t24-,32-/m1/s1. The zero-order valence-corrected chi connectivity index (χ0v) is 30.8. The van der Waals surface area contributed by atoms with Crippen LogP contribution in [0.4, 0.5) is 0 Å². The van der Waals surface area contributed by atoms with E-state index in [0.717, 1.165) is 0 Å². The highest BCUT2D eigenvalue weighted by molar-refractivity contribution is 7.43. The second-order valence-corrected chi connectivity index (χ2v) is 49.3. The first-order valence-corrected chi connectivity index (χ1v) is 32.5. The number of hydrogen-bond acceptors (Lipinski definition) is 2. The van der Waals surface area contributed by atoms with E-state index in [2.05, 4.69) is 130 Å². The van der Waals surface area contributed by atoms with Crippen molar-refractivity contribution in [3.05, 3.63) is 10.4 Å². The summed E-state index contributed by atoms with van der Waals surface area (Å²) in [6.07, 6.45) is 0. The van der Waals surface area contributed by atoms with E-state index in [1.54, 1.807) is 4.82 Å². The molecule has 1 rings (SSSR count). The molecule has 0 radical (unpaired) electrons. The molecule has 2 nitrogen and oxygen atoms in total. The number of hydrogen-bond donors (Lipinski definition) is 0. The van der Waals surface area contributed by atoms with Gasteiger partial charge in [0.15, 0.2) is 8.32 Å². The Morgan fingerprint density at radius 3 is 1.47 bits per heavy atom. The van der Waals surface area contributed by atoms with Gasteiger partial charge in [0.05, 0.1) is 21.4 Å². The Kier molecular flexibility index (Phi) is 8.19. The lowest BCUT2D eigenvalue weighted by atomic mass is 9.84. The maximum absolute atomic E-state index is 7.87. The lowest BCUT2D eigenvalue weighted by Crippen LogP contribution is -2.72. The fourth-order valence-electron chi connectivity index (χ4n) is 5.29. The second kappa shape index (κ2) is 8.57. The van der Waals surface area contributed by atoms with Crippen LogP contribution in [0.15, 0.2) is 10.4 Å². The predicted molar refractivity (Wildman–Crippen MR) is 162 cm³/mol. The first-order chi connectivity index (χ1) is 13.6. The van der Waals surface area contributed by atoms with Gasteiger partial charge in [-0.2, -0.15) is 0 Å². The minimum atomic E-state index is -2.66. The highest BCUT2D eigenvalue weighted by Gasteiger charge is 2.72. The van der Waals surface area contributed by atoms with Crippen molar-refractivity contribution < 1.29 is 8.54 Å². The van der Waals surface area contributed by atoms with Gasteiger partial charge in [-0.05, 0) is 29.9 Å². The summed E-state index contributed by atoms with van der Waals surface area (Å²) < 4.78 is 15.3. The van der Waals surface area contributed by atoms with Crippen molar-refractivity contribution >= 4 is 48.2 Å². The van der Waals surface area contributed by atoms with Crippen molar-refractivity contribution in [3.8, 4) is 11.5 Å². The van der Waals surface area contributed by atoms with Crippen LogP contribution in [0.2, 0.25) is 98.2 Å². The molecule has 0 fully saturated rings. The van der Waals surface area contributed by atoms with Crippen molar-refractivity contribution in [1.29, 1.82) is 0 Å². The summed E-state index contributed by atoms with van der Waals surface area (Å²) in [6, 6.07) is 0. The van der Waals surface area contributed by atoms with Crippen LogP contribution < -0.4 is 0 Å². The first kappa shape index (κ1) is 30.6. The largest absolute Gasteiger partial charge is 0.436 e. The number of rotatable bonds is 5. The van der Waals surface area contributed by atoms with Crippen molar-refractivity contribution in [3.63, 3.8) is 0 Å². The van der Waals surface area contributed by atoms with Crippen LogP contribution >= 0.6 is 0 Å². The van der Waals surface area contributed by atoms with E-state index in [0.29, 0.717) is 0 Å². The quantitative estimate of drug-likeness (QED) is 0.259. The molecule has 0 saturated carbocycles. The van der Waals surface area contributed by atoms with E-state index in [9.17, 15) is 0 Å². The molecule has 0 spiro atoms. The monoisotopic (exact) mass is 542 g/mol. The molecule has 0 aliphatic carbocycles. The zero-order valence-electron chi connectivity index (χ0n) is 24.8. The fourth-order valence-corrected chi connectivity index (χ4v) is 40.8. The first-order valence-electron chi connectivity index (χ1n) is 12.3. The van der Waals surface area contributed by atoms with Gasteiger partial charge in [-0.15, -0.1) is 5.54 Å². The van der Waals surface area contributed by atoms with Gasteiger partial charge in [0.2, 0.25) is 0 Å². The van der Waals surface area contributed by atoms with Crippen molar-refractivity contribution in [1.82, 2.24) is 0 Å². The summed E-state index contributed by atoms with van der Waals surface area (Å²) in [5.74, 6) is 3.92. The molecular formula is C24H54O2Si6. The molecule has 1 heterocycles. The molecule has 0 amide bonds. The predicted octanol–water partition coefficient (Wildman–Crippen LogP) is 7.98. The molecule has 0 N–H and O–H groups in total. The van der Waals surface area contributed by atoms with E-state index < -0.39 is 48.2 Å². The van der Waals surface area contributed by atoms with E-state index in [1.807, 2.05) is 0 Å². The Bertz CT molecular complexity index is 795. The van der Waals surface area contributed by atoms with Gasteiger partial charge < -0.3 is 8.54 Å². The van der Waals surface area contributed by atoms with Crippen LogP contribution in [-0.2, 0) is 8.54 Å². The molecule has 0 aromatic rings. The average molecular weight is 543 g/mol. The molecule has 186 valence electrons. The highest BCUT2D eigenvalue weighted by atomic mass is 29.3. The molecule has 0 bridgehead atoms. The van der Waals surface area contributed by atoms with Gasteiger partial charge in [-0.25, -0.2) is 0 Å².